The quantitative estimate of drug-likeness (QED) is 0.825. The highest BCUT2D eigenvalue weighted by Crippen LogP contribution is 2.49. The summed E-state index contributed by atoms with van der Waals surface area (Å²) < 4.78 is -0.756. The average molecular weight is 316 g/mol. The van der Waals surface area contributed by atoms with Gasteiger partial charge in [-0.25, -0.2) is 9.97 Å². The van der Waals surface area contributed by atoms with E-state index in [9.17, 15) is 9.90 Å². The van der Waals surface area contributed by atoms with Crippen LogP contribution in [0, 0.1) is 0 Å². The number of aliphatic carboxylic acids is 1. The molecule has 0 unspecified atom stereocenters. The lowest BCUT2D eigenvalue weighted by Gasteiger charge is -2.36. The van der Waals surface area contributed by atoms with Crippen LogP contribution in [0.25, 0.3) is 11.1 Å². The number of aliphatic hydroxyl groups is 1. The summed E-state index contributed by atoms with van der Waals surface area (Å²) in [6, 6.07) is 7.46. The van der Waals surface area contributed by atoms with Crippen molar-refractivity contribution in [3.8, 4) is 11.1 Å². The maximum atomic E-state index is 11.5. The number of hydrogen-bond donors (Lipinski definition) is 2. The standard InChI is InChI=1S/C16H16N2O3S/c19-9-11-2-4-12(5-3-11)13-8-17-10-18-14(13)22-16(15(20)21)6-1-7-16/h2-5,8,10,19H,1,6-7,9H2,(H,20,21). The predicted octanol–water partition coefficient (Wildman–Crippen LogP) is 2.74. The molecule has 0 amide bonds. The van der Waals surface area contributed by atoms with Gasteiger partial charge in [-0.3, -0.25) is 4.79 Å². The minimum absolute atomic E-state index is 0.00466. The molecule has 1 aliphatic carbocycles. The molecule has 0 aliphatic heterocycles. The maximum Gasteiger partial charge on any atom is 0.320 e. The molecule has 1 fully saturated rings. The van der Waals surface area contributed by atoms with E-state index >= 15 is 0 Å². The summed E-state index contributed by atoms with van der Waals surface area (Å²) in [5, 5.41) is 19.3. The van der Waals surface area contributed by atoms with Crippen LogP contribution in [0.2, 0.25) is 0 Å². The Morgan fingerprint density at radius 1 is 1.27 bits per heavy atom. The number of thioether (sulfide) groups is 1. The number of aromatic nitrogens is 2. The van der Waals surface area contributed by atoms with Gasteiger partial charge in [0, 0.05) is 11.8 Å². The van der Waals surface area contributed by atoms with Gasteiger partial charge in [0.2, 0.25) is 0 Å². The van der Waals surface area contributed by atoms with Gasteiger partial charge in [0.15, 0.2) is 0 Å². The molecule has 0 atom stereocenters. The van der Waals surface area contributed by atoms with E-state index < -0.39 is 10.7 Å². The molecule has 114 valence electrons. The summed E-state index contributed by atoms with van der Waals surface area (Å²) in [6.45, 7) is -0.00466. The molecule has 1 aliphatic rings. The Morgan fingerprint density at radius 3 is 2.55 bits per heavy atom. The minimum atomic E-state index is -0.774. The smallest absolute Gasteiger partial charge is 0.320 e. The Hall–Kier alpha value is -1.92. The Balaban J connectivity index is 1.94. The van der Waals surface area contributed by atoms with Gasteiger partial charge in [-0.05, 0) is 30.4 Å². The Bertz CT molecular complexity index is 684. The summed E-state index contributed by atoms with van der Waals surface area (Å²) >= 11 is 1.32. The molecule has 0 spiro atoms. The molecule has 1 aromatic heterocycles. The molecule has 1 heterocycles. The van der Waals surface area contributed by atoms with Crippen molar-refractivity contribution in [3.63, 3.8) is 0 Å². The molecule has 0 bridgehead atoms. The largest absolute Gasteiger partial charge is 0.480 e. The number of aliphatic hydroxyl groups excluding tert-OH is 1. The fourth-order valence-electron chi connectivity index (χ4n) is 2.43. The average Bonchev–Trinajstić information content (AvgIpc) is 2.51. The number of benzene rings is 1. The van der Waals surface area contributed by atoms with Gasteiger partial charge in [-0.1, -0.05) is 36.0 Å². The lowest BCUT2D eigenvalue weighted by Crippen LogP contribution is -2.41. The van der Waals surface area contributed by atoms with E-state index in [-0.39, 0.29) is 6.61 Å². The maximum absolute atomic E-state index is 11.5. The van der Waals surface area contributed by atoms with Crippen LogP contribution in [0.5, 0.6) is 0 Å². The second-order valence-corrected chi connectivity index (χ2v) is 6.72. The number of nitrogens with zero attached hydrogens (tertiary/aromatic N) is 2. The minimum Gasteiger partial charge on any atom is -0.480 e. The van der Waals surface area contributed by atoms with Gasteiger partial charge in [-0.2, -0.15) is 0 Å². The molecular weight excluding hydrogens is 300 g/mol. The van der Waals surface area contributed by atoms with Crippen molar-refractivity contribution in [2.24, 2.45) is 0 Å². The highest BCUT2D eigenvalue weighted by molar-refractivity contribution is 8.01. The van der Waals surface area contributed by atoms with Crippen molar-refractivity contribution >= 4 is 17.7 Å². The molecule has 2 N–H and O–H groups in total. The molecule has 5 nitrogen and oxygen atoms in total. The highest BCUT2D eigenvalue weighted by Gasteiger charge is 2.46. The fourth-order valence-corrected chi connectivity index (χ4v) is 3.76. The molecule has 6 heteroatoms. The predicted molar refractivity (Wildman–Crippen MR) is 83.5 cm³/mol. The molecule has 3 rings (SSSR count). The zero-order chi connectivity index (χ0) is 15.6. The van der Waals surface area contributed by atoms with Crippen LogP contribution in [0.15, 0.2) is 41.8 Å². The van der Waals surface area contributed by atoms with Gasteiger partial charge in [0.1, 0.15) is 16.1 Å². The summed E-state index contributed by atoms with van der Waals surface area (Å²) in [6.07, 6.45) is 5.42. The third kappa shape index (κ3) is 2.71. The normalized spacial score (nSPS) is 16.0. The SMILES string of the molecule is O=C(O)C1(Sc2ncncc2-c2ccc(CO)cc2)CCC1. The van der Waals surface area contributed by atoms with Crippen LogP contribution in [0.3, 0.4) is 0 Å². The van der Waals surface area contributed by atoms with E-state index in [0.29, 0.717) is 17.9 Å². The first-order chi connectivity index (χ1) is 10.6. The fraction of sp³-hybridized carbons (Fsp3) is 0.312. The summed E-state index contributed by atoms with van der Waals surface area (Å²) in [7, 11) is 0. The summed E-state index contributed by atoms with van der Waals surface area (Å²) in [5.41, 5.74) is 2.57. The molecule has 1 saturated carbocycles. The first-order valence-electron chi connectivity index (χ1n) is 7.07. The topological polar surface area (TPSA) is 83.3 Å². The van der Waals surface area contributed by atoms with Crippen LogP contribution in [0.4, 0.5) is 0 Å². The Labute approximate surface area is 132 Å². The van der Waals surface area contributed by atoms with Crippen LogP contribution >= 0.6 is 11.8 Å². The zero-order valence-electron chi connectivity index (χ0n) is 11.9. The van der Waals surface area contributed by atoms with Crippen LogP contribution in [-0.4, -0.2) is 30.9 Å². The van der Waals surface area contributed by atoms with Gasteiger partial charge < -0.3 is 10.2 Å². The van der Waals surface area contributed by atoms with Gasteiger partial charge in [0.25, 0.3) is 0 Å². The van der Waals surface area contributed by atoms with Crippen molar-refractivity contribution in [3.05, 3.63) is 42.4 Å². The second kappa shape index (κ2) is 6.06. The molecular formula is C16H16N2O3S. The third-order valence-electron chi connectivity index (χ3n) is 3.97. The van der Waals surface area contributed by atoms with E-state index in [1.807, 2.05) is 24.3 Å². The van der Waals surface area contributed by atoms with Crippen molar-refractivity contribution < 1.29 is 15.0 Å². The first kappa shape index (κ1) is 15.0. The molecule has 22 heavy (non-hydrogen) atoms. The number of rotatable bonds is 5. The first-order valence-corrected chi connectivity index (χ1v) is 7.89. The van der Waals surface area contributed by atoms with E-state index in [0.717, 1.165) is 23.1 Å². The van der Waals surface area contributed by atoms with Gasteiger partial charge in [-0.15, -0.1) is 0 Å². The van der Waals surface area contributed by atoms with Crippen LogP contribution in [-0.2, 0) is 11.4 Å². The van der Waals surface area contributed by atoms with Crippen LogP contribution in [0.1, 0.15) is 24.8 Å². The van der Waals surface area contributed by atoms with Crippen molar-refractivity contribution in [2.75, 3.05) is 0 Å². The molecule has 0 radical (unpaired) electrons. The number of carboxylic acids is 1. The second-order valence-electron chi connectivity index (χ2n) is 5.35. The monoisotopic (exact) mass is 316 g/mol. The Kier molecular flexibility index (Phi) is 4.13. The third-order valence-corrected chi connectivity index (χ3v) is 5.46. The van der Waals surface area contributed by atoms with E-state index in [1.165, 1.54) is 18.1 Å². The number of carboxylic acid groups (broad SMARTS) is 1. The van der Waals surface area contributed by atoms with Crippen molar-refractivity contribution in [1.29, 1.82) is 0 Å². The Morgan fingerprint density at radius 2 is 2.00 bits per heavy atom. The lowest BCUT2D eigenvalue weighted by atomic mass is 9.84. The number of carbonyl (C=O) groups is 1. The summed E-state index contributed by atoms with van der Waals surface area (Å²) in [5.74, 6) is -0.774. The summed E-state index contributed by atoms with van der Waals surface area (Å²) in [4.78, 5) is 19.9. The lowest BCUT2D eigenvalue weighted by molar-refractivity contribution is -0.142. The zero-order valence-corrected chi connectivity index (χ0v) is 12.7. The van der Waals surface area contributed by atoms with Gasteiger partial charge in [0.05, 0.1) is 6.61 Å². The molecule has 2 aromatic rings. The van der Waals surface area contributed by atoms with E-state index in [4.69, 9.17) is 5.11 Å². The highest BCUT2D eigenvalue weighted by atomic mass is 32.2. The van der Waals surface area contributed by atoms with Gasteiger partial charge >= 0.3 is 5.97 Å². The van der Waals surface area contributed by atoms with E-state index in [1.54, 1.807) is 6.20 Å². The molecule has 1 aromatic carbocycles. The number of hydrogen-bond acceptors (Lipinski definition) is 5. The molecule has 0 saturated heterocycles. The van der Waals surface area contributed by atoms with Crippen molar-refractivity contribution in [2.45, 2.75) is 35.6 Å². The van der Waals surface area contributed by atoms with Crippen molar-refractivity contribution in [1.82, 2.24) is 9.97 Å². The van der Waals surface area contributed by atoms with Crippen LogP contribution < -0.4 is 0 Å². The van der Waals surface area contributed by atoms with E-state index in [2.05, 4.69) is 9.97 Å².